The van der Waals surface area contributed by atoms with E-state index in [9.17, 15) is 4.79 Å². The van der Waals surface area contributed by atoms with Crippen molar-refractivity contribution in [3.8, 4) is 0 Å². The van der Waals surface area contributed by atoms with Gasteiger partial charge in [-0.2, -0.15) is 0 Å². The van der Waals surface area contributed by atoms with Gasteiger partial charge in [0.05, 0.1) is 6.61 Å². The fraction of sp³-hybridized carbons (Fsp3) is 0.538. The van der Waals surface area contributed by atoms with Crippen LogP contribution in [0.4, 0.5) is 0 Å². The van der Waals surface area contributed by atoms with Crippen molar-refractivity contribution in [3.05, 3.63) is 30.1 Å². The molecule has 0 spiro atoms. The number of ether oxygens (including phenoxy) is 1. The highest BCUT2D eigenvalue weighted by atomic mass is 16.5. The zero-order chi connectivity index (χ0) is 12.7. The first kappa shape index (κ1) is 13.6. The molecule has 0 atom stereocenters. The maximum Gasteiger partial charge on any atom is 0.325 e. The number of carbonyl (C=O) groups excluding carboxylic acids is 1. The molecule has 4 heteroatoms. The molecule has 0 aliphatic heterocycles. The van der Waals surface area contributed by atoms with Gasteiger partial charge >= 0.3 is 5.97 Å². The van der Waals surface area contributed by atoms with Gasteiger partial charge < -0.3 is 10.1 Å². The lowest BCUT2D eigenvalue weighted by Crippen LogP contribution is -2.48. The molecule has 4 nitrogen and oxygen atoms in total. The van der Waals surface area contributed by atoms with Gasteiger partial charge in [-0.1, -0.05) is 6.07 Å². The summed E-state index contributed by atoms with van der Waals surface area (Å²) in [6.45, 7) is 6.59. The van der Waals surface area contributed by atoms with Gasteiger partial charge in [0.15, 0.2) is 0 Å². The molecule has 0 saturated carbocycles. The van der Waals surface area contributed by atoms with E-state index in [-0.39, 0.29) is 5.97 Å². The molecule has 0 saturated heterocycles. The van der Waals surface area contributed by atoms with Gasteiger partial charge in [0.1, 0.15) is 5.54 Å². The van der Waals surface area contributed by atoms with Crippen molar-refractivity contribution >= 4 is 5.97 Å². The quantitative estimate of drug-likeness (QED) is 0.761. The van der Waals surface area contributed by atoms with Crippen LogP contribution in [0.1, 0.15) is 26.3 Å². The molecule has 17 heavy (non-hydrogen) atoms. The Hall–Kier alpha value is -1.42. The standard InChI is InChI=1S/C13H20N2O2/c1-4-17-12(16)13(2,3)15-9-7-11-6-5-8-14-10-11/h5-6,8,10,15H,4,7,9H2,1-3H3. The lowest BCUT2D eigenvalue weighted by atomic mass is 10.1. The summed E-state index contributed by atoms with van der Waals surface area (Å²) < 4.78 is 5.00. The fourth-order valence-corrected chi connectivity index (χ4v) is 1.45. The Morgan fingerprint density at radius 2 is 2.29 bits per heavy atom. The fourth-order valence-electron chi connectivity index (χ4n) is 1.45. The van der Waals surface area contributed by atoms with Crippen molar-refractivity contribution in [2.24, 2.45) is 0 Å². The first-order valence-electron chi connectivity index (χ1n) is 5.87. The predicted molar refractivity (Wildman–Crippen MR) is 66.7 cm³/mol. The zero-order valence-corrected chi connectivity index (χ0v) is 10.7. The maximum atomic E-state index is 11.6. The lowest BCUT2D eigenvalue weighted by molar-refractivity contribution is -0.149. The van der Waals surface area contributed by atoms with Crippen LogP contribution in [-0.4, -0.2) is 29.6 Å². The highest BCUT2D eigenvalue weighted by Crippen LogP contribution is 2.05. The minimum atomic E-state index is -0.641. The summed E-state index contributed by atoms with van der Waals surface area (Å²) in [5.41, 5.74) is 0.512. The van der Waals surface area contributed by atoms with Crippen LogP contribution in [0.3, 0.4) is 0 Å². The summed E-state index contributed by atoms with van der Waals surface area (Å²) in [7, 11) is 0. The van der Waals surface area contributed by atoms with E-state index in [1.54, 1.807) is 6.20 Å². The molecule has 1 heterocycles. The molecular formula is C13H20N2O2. The Kier molecular flexibility index (Phi) is 5.10. The van der Waals surface area contributed by atoms with Crippen LogP contribution in [0.5, 0.6) is 0 Å². The molecule has 0 radical (unpaired) electrons. The van der Waals surface area contributed by atoms with Crippen LogP contribution in [0.15, 0.2) is 24.5 Å². The topological polar surface area (TPSA) is 51.2 Å². The van der Waals surface area contributed by atoms with E-state index >= 15 is 0 Å². The highest BCUT2D eigenvalue weighted by Gasteiger charge is 2.27. The smallest absolute Gasteiger partial charge is 0.325 e. The van der Waals surface area contributed by atoms with Crippen molar-refractivity contribution in [1.29, 1.82) is 0 Å². The van der Waals surface area contributed by atoms with Crippen LogP contribution in [0.2, 0.25) is 0 Å². The Labute approximate surface area is 102 Å². The van der Waals surface area contributed by atoms with Crippen molar-refractivity contribution in [2.45, 2.75) is 32.7 Å². The summed E-state index contributed by atoms with van der Waals surface area (Å²) >= 11 is 0. The molecule has 0 unspecified atom stereocenters. The van der Waals surface area contributed by atoms with Crippen LogP contribution in [0.25, 0.3) is 0 Å². The number of aromatic nitrogens is 1. The van der Waals surface area contributed by atoms with Gasteiger partial charge in [-0.25, -0.2) is 0 Å². The summed E-state index contributed by atoms with van der Waals surface area (Å²) in [4.78, 5) is 15.7. The van der Waals surface area contributed by atoms with E-state index in [0.717, 1.165) is 18.5 Å². The van der Waals surface area contributed by atoms with Crippen LogP contribution in [0, 0.1) is 0 Å². The van der Waals surface area contributed by atoms with E-state index in [4.69, 9.17) is 4.74 Å². The number of nitrogens with zero attached hydrogens (tertiary/aromatic N) is 1. The molecule has 0 aliphatic carbocycles. The van der Waals surface area contributed by atoms with Gasteiger partial charge in [-0.05, 0) is 38.8 Å². The zero-order valence-electron chi connectivity index (χ0n) is 10.7. The van der Waals surface area contributed by atoms with Crippen LogP contribution >= 0.6 is 0 Å². The second-order valence-corrected chi connectivity index (χ2v) is 4.38. The molecule has 1 rings (SSSR count). The van der Waals surface area contributed by atoms with Crippen molar-refractivity contribution < 1.29 is 9.53 Å². The number of carbonyl (C=O) groups is 1. The van der Waals surface area contributed by atoms with Gasteiger partial charge in [-0.15, -0.1) is 0 Å². The third-order valence-electron chi connectivity index (χ3n) is 2.49. The normalized spacial score (nSPS) is 11.2. The first-order chi connectivity index (χ1) is 8.06. The molecule has 0 aliphatic rings. The average molecular weight is 236 g/mol. The highest BCUT2D eigenvalue weighted by molar-refractivity contribution is 5.79. The number of hydrogen-bond donors (Lipinski definition) is 1. The molecule has 1 aromatic heterocycles. The van der Waals surface area contributed by atoms with Gasteiger partial charge in [0.25, 0.3) is 0 Å². The summed E-state index contributed by atoms with van der Waals surface area (Å²) in [6, 6.07) is 3.93. The van der Waals surface area contributed by atoms with Gasteiger partial charge in [0, 0.05) is 18.9 Å². The number of hydrogen-bond acceptors (Lipinski definition) is 4. The average Bonchev–Trinajstić information content (AvgIpc) is 2.30. The number of pyridine rings is 1. The molecule has 1 aromatic rings. The minimum Gasteiger partial charge on any atom is -0.465 e. The minimum absolute atomic E-state index is 0.216. The number of esters is 1. The van der Waals surface area contributed by atoms with Gasteiger partial charge in [0.2, 0.25) is 0 Å². The van der Waals surface area contributed by atoms with E-state index in [1.807, 2.05) is 39.1 Å². The number of nitrogens with one attached hydrogen (secondary N) is 1. The molecule has 0 amide bonds. The van der Waals surface area contributed by atoms with Gasteiger partial charge in [-0.3, -0.25) is 9.78 Å². The molecule has 0 fully saturated rings. The summed E-state index contributed by atoms with van der Waals surface area (Å²) in [5, 5.41) is 3.19. The SMILES string of the molecule is CCOC(=O)C(C)(C)NCCc1cccnc1. The van der Waals surface area contributed by atoms with Crippen LogP contribution < -0.4 is 5.32 Å². The third kappa shape index (κ3) is 4.53. The molecule has 0 bridgehead atoms. The van der Waals surface area contributed by atoms with E-state index < -0.39 is 5.54 Å². The molecule has 1 N–H and O–H groups in total. The lowest BCUT2D eigenvalue weighted by Gasteiger charge is -2.23. The van der Waals surface area contributed by atoms with Crippen molar-refractivity contribution in [3.63, 3.8) is 0 Å². The first-order valence-corrected chi connectivity index (χ1v) is 5.87. The molecule has 94 valence electrons. The second-order valence-electron chi connectivity index (χ2n) is 4.38. The third-order valence-corrected chi connectivity index (χ3v) is 2.49. The molecule has 0 aromatic carbocycles. The van der Waals surface area contributed by atoms with Crippen molar-refractivity contribution in [1.82, 2.24) is 10.3 Å². The van der Waals surface area contributed by atoms with Crippen molar-refractivity contribution in [2.75, 3.05) is 13.2 Å². The number of rotatable bonds is 6. The Bertz CT molecular complexity index is 350. The molecular weight excluding hydrogens is 216 g/mol. The summed E-state index contributed by atoms with van der Waals surface area (Å²) in [5.74, 6) is -0.216. The van der Waals surface area contributed by atoms with Crippen LogP contribution in [-0.2, 0) is 16.0 Å². The largest absolute Gasteiger partial charge is 0.465 e. The Morgan fingerprint density at radius 1 is 1.53 bits per heavy atom. The summed E-state index contributed by atoms with van der Waals surface area (Å²) in [6.07, 6.45) is 4.43. The van der Waals surface area contributed by atoms with E-state index in [2.05, 4.69) is 10.3 Å². The predicted octanol–water partition coefficient (Wildman–Crippen LogP) is 1.56. The second kappa shape index (κ2) is 6.35. The van der Waals surface area contributed by atoms with E-state index in [1.165, 1.54) is 0 Å². The Balaban J connectivity index is 2.37. The van der Waals surface area contributed by atoms with E-state index in [0.29, 0.717) is 6.61 Å². The maximum absolute atomic E-state index is 11.6. The monoisotopic (exact) mass is 236 g/mol. The Morgan fingerprint density at radius 3 is 2.88 bits per heavy atom.